The monoisotopic (exact) mass is 341 g/mol. The fraction of sp³-hybridized carbons (Fsp3) is 0.400. The highest BCUT2D eigenvalue weighted by molar-refractivity contribution is 5.85. The van der Waals surface area contributed by atoms with Crippen LogP contribution in [0.3, 0.4) is 0 Å². The predicted octanol–water partition coefficient (Wildman–Crippen LogP) is 2.62. The maximum atomic E-state index is 12.6. The minimum Gasteiger partial charge on any atom is -0.530 e. The fourth-order valence-corrected chi connectivity index (χ4v) is 3.52. The molecule has 1 heterocycles. The second-order valence-corrected chi connectivity index (χ2v) is 6.42. The van der Waals surface area contributed by atoms with E-state index in [4.69, 9.17) is 0 Å². The van der Waals surface area contributed by atoms with E-state index in [9.17, 15) is 14.7 Å². The molecule has 1 amide bonds. The summed E-state index contributed by atoms with van der Waals surface area (Å²) in [6.45, 7) is 9.77. The zero-order valence-corrected chi connectivity index (χ0v) is 15.5. The highest BCUT2D eigenvalue weighted by Crippen LogP contribution is 2.26. The number of hydrogen-bond donors (Lipinski definition) is 1. The molecule has 0 aliphatic carbocycles. The van der Waals surface area contributed by atoms with Crippen molar-refractivity contribution in [2.24, 2.45) is 0 Å². The minimum atomic E-state index is -1.36. The van der Waals surface area contributed by atoms with E-state index in [-0.39, 0.29) is 17.8 Å². The van der Waals surface area contributed by atoms with Crippen molar-refractivity contribution in [2.45, 2.75) is 47.5 Å². The van der Waals surface area contributed by atoms with Crippen LogP contribution in [0.2, 0.25) is 0 Å². The number of benzene rings is 1. The Labute approximate surface area is 148 Å². The molecule has 1 aromatic heterocycles. The first-order chi connectivity index (χ1) is 11.8. The predicted molar refractivity (Wildman–Crippen MR) is 98.3 cm³/mol. The molecule has 25 heavy (non-hydrogen) atoms. The summed E-state index contributed by atoms with van der Waals surface area (Å²) in [5.74, 6) is 0. The highest BCUT2D eigenvalue weighted by Gasteiger charge is 2.20. The van der Waals surface area contributed by atoms with Gasteiger partial charge in [0.1, 0.15) is 11.8 Å². The third kappa shape index (κ3) is 3.92. The lowest BCUT2D eigenvalue weighted by Gasteiger charge is -2.27. The Morgan fingerprint density at radius 3 is 2.16 bits per heavy atom. The lowest BCUT2D eigenvalue weighted by Crippen LogP contribution is -2.44. The average molecular weight is 341 g/mol. The van der Waals surface area contributed by atoms with Crippen LogP contribution in [0.5, 0.6) is 0 Å². The number of carbonyl (C=O) groups excluding carboxylic acids is 1. The first-order valence-electron chi connectivity index (χ1n) is 8.58. The zero-order chi connectivity index (χ0) is 18.7. The molecule has 0 fully saturated rings. The van der Waals surface area contributed by atoms with E-state index < -0.39 is 6.09 Å². The van der Waals surface area contributed by atoms with Gasteiger partial charge in [-0.2, -0.15) is 0 Å². The van der Waals surface area contributed by atoms with Crippen molar-refractivity contribution in [3.05, 3.63) is 62.1 Å². The summed E-state index contributed by atoms with van der Waals surface area (Å²) in [5, 5.41) is 11.5. The number of aromatic amines is 1. The van der Waals surface area contributed by atoms with Crippen LogP contribution in [0.25, 0.3) is 0 Å². The molecule has 2 rings (SSSR count). The summed E-state index contributed by atoms with van der Waals surface area (Å²) in [4.78, 5) is 27.9. The van der Waals surface area contributed by atoms with Crippen LogP contribution in [0.15, 0.2) is 23.0 Å². The van der Waals surface area contributed by atoms with Crippen molar-refractivity contribution in [2.75, 3.05) is 11.4 Å². The van der Waals surface area contributed by atoms with Crippen LogP contribution in [0.1, 0.15) is 47.4 Å². The van der Waals surface area contributed by atoms with Gasteiger partial charge in [-0.1, -0.05) is 36.2 Å². The van der Waals surface area contributed by atoms with Gasteiger partial charge >= 0.3 is 0 Å². The third-order valence-corrected chi connectivity index (χ3v) is 4.44. The second-order valence-electron chi connectivity index (χ2n) is 6.42. The highest BCUT2D eigenvalue weighted by atomic mass is 16.4. The van der Waals surface area contributed by atoms with Gasteiger partial charge in [-0.25, -0.2) is 0 Å². The van der Waals surface area contributed by atoms with Gasteiger partial charge in [0.05, 0.1) is 0 Å². The van der Waals surface area contributed by atoms with E-state index in [2.05, 4.69) is 23.2 Å². The van der Waals surface area contributed by atoms with Gasteiger partial charge in [-0.3, -0.25) is 4.79 Å². The molecule has 1 aromatic carbocycles. The van der Waals surface area contributed by atoms with E-state index in [1.807, 2.05) is 27.7 Å². The Kier molecular flexibility index (Phi) is 5.67. The van der Waals surface area contributed by atoms with E-state index >= 15 is 0 Å². The Morgan fingerprint density at radius 2 is 1.68 bits per heavy atom. The van der Waals surface area contributed by atoms with Gasteiger partial charge in [0.15, 0.2) is 0 Å². The van der Waals surface area contributed by atoms with Gasteiger partial charge in [-0.05, 0) is 50.8 Å². The van der Waals surface area contributed by atoms with E-state index in [0.29, 0.717) is 12.8 Å². The number of pyridine rings is 1. The number of anilines is 1. The smallest absolute Gasteiger partial charge is 0.272 e. The van der Waals surface area contributed by atoms with Crippen LogP contribution in [-0.2, 0) is 12.8 Å². The molecule has 0 aliphatic heterocycles. The molecule has 1 N–H and O–H groups in total. The van der Waals surface area contributed by atoms with Crippen molar-refractivity contribution >= 4 is 11.8 Å². The van der Waals surface area contributed by atoms with Crippen LogP contribution in [-0.4, -0.2) is 17.6 Å². The number of H-pyrrole nitrogens is 1. The average Bonchev–Trinajstić information content (AvgIpc) is 2.49. The van der Waals surface area contributed by atoms with Gasteiger partial charge in [0.2, 0.25) is 0 Å². The number of aryl methyl sites for hydroxylation is 3. The first-order valence-corrected chi connectivity index (χ1v) is 8.58. The molecule has 0 radical (unpaired) electrons. The second kappa shape index (κ2) is 7.55. The molecule has 5 nitrogen and oxygen atoms in total. The molecule has 0 aliphatic rings. The number of nitrogens with zero attached hydrogens (tertiary/aromatic N) is 1. The first kappa shape index (κ1) is 18.8. The molecule has 5 heteroatoms. The van der Waals surface area contributed by atoms with Crippen LogP contribution < -0.4 is 15.6 Å². The van der Waals surface area contributed by atoms with Gasteiger partial charge in [0.25, 0.3) is 5.56 Å². The van der Waals surface area contributed by atoms with Crippen molar-refractivity contribution in [1.29, 1.82) is 0 Å². The lowest BCUT2D eigenvalue weighted by atomic mass is 9.94. The fourth-order valence-electron chi connectivity index (χ4n) is 3.52. The largest absolute Gasteiger partial charge is 0.530 e. The van der Waals surface area contributed by atoms with E-state index in [0.717, 1.165) is 38.4 Å². The standard InChI is InChI=1S/C20H26N2O3/c1-6-16-14(5)21-19(23)18(22(7-2)20(24)25)17(16)11-15-9-12(3)8-13(4)10-15/h8-10H,6-7,11H2,1-5H3,(H,21,23)(H,24,25)/p-1. The van der Waals surface area contributed by atoms with Gasteiger partial charge in [-0.15, -0.1) is 0 Å². The molecular formula is C20H25N2O3-. The number of nitrogens with one attached hydrogen (secondary N) is 1. The van der Waals surface area contributed by atoms with E-state index in [1.54, 1.807) is 6.92 Å². The van der Waals surface area contributed by atoms with Gasteiger partial charge < -0.3 is 19.8 Å². The number of carbonyl (C=O) groups is 1. The molecule has 0 atom stereocenters. The normalized spacial score (nSPS) is 10.8. The molecule has 0 spiro atoms. The molecule has 134 valence electrons. The Hall–Kier alpha value is -2.56. The number of amides is 1. The summed E-state index contributed by atoms with van der Waals surface area (Å²) in [7, 11) is 0. The maximum absolute atomic E-state index is 12.6. The van der Waals surface area contributed by atoms with Crippen molar-refractivity contribution in [3.8, 4) is 0 Å². The Morgan fingerprint density at radius 1 is 1.08 bits per heavy atom. The molecule has 0 saturated heterocycles. The number of hydrogen-bond acceptors (Lipinski definition) is 3. The van der Waals surface area contributed by atoms with Crippen LogP contribution in [0.4, 0.5) is 10.5 Å². The molecule has 0 unspecified atom stereocenters. The Balaban J connectivity index is 2.72. The van der Waals surface area contributed by atoms with Crippen molar-refractivity contribution in [1.82, 2.24) is 4.98 Å². The van der Waals surface area contributed by atoms with Crippen molar-refractivity contribution < 1.29 is 9.90 Å². The summed E-state index contributed by atoms with van der Waals surface area (Å²) in [6, 6.07) is 6.23. The Bertz CT molecular complexity index is 833. The summed E-state index contributed by atoms with van der Waals surface area (Å²) >= 11 is 0. The summed E-state index contributed by atoms with van der Waals surface area (Å²) in [5.41, 5.74) is 5.67. The number of aromatic nitrogens is 1. The molecule has 0 bridgehead atoms. The SMILES string of the molecule is CCc1c(C)[nH]c(=O)c(N(CC)C(=O)[O-])c1Cc1cc(C)cc(C)c1. The number of rotatable bonds is 5. The summed E-state index contributed by atoms with van der Waals surface area (Å²) < 4.78 is 0. The third-order valence-electron chi connectivity index (χ3n) is 4.44. The zero-order valence-electron chi connectivity index (χ0n) is 15.5. The molecular weight excluding hydrogens is 316 g/mol. The van der Waals surface area contributed by atoms with Crippen LogP contribution in [0, 0.1) is 20.8 Å². The topological polar surface area (TPSA) is 76.2 Å². The van der Waals surface area contributed by atoms with Gasteiger partial charge in [0, 0.05) is 18.7 Å². The lowest BCUT2D eigenvalue weighted by molar-refractivity contribution is -0.246. The quantitative estimate of drug-likeness (QED) is 0.908. The van der Waals surface area contributed by atoms with Crippen molar-refractivity contribution in [3.63, 3.8) is 0 Å². The maximum Gasteiger partial charge on any atom is 0.272 e. The minimum absolute atomic E-state index is 0.164. The molecule has 2 aromatic rings. The number of carboxylic acid groups (broad SMARTS) is 1. The molecule has 0 saturated carbocycles. The van der Waals surface area contributed by atoms with E-state index in [1.165, 1.54) is 0 Å². The summed E-state index contributed by atoms with van der Waals surface area (Å²) in [6.07, 6.45) is -0.142. The van der Waals surface area contributed by atoms with Crippen LogP contribution >= 0.6 is 0 Å².